The molecule has 0 N–H and O–H groups in total. The average molecular weight is 325 g/mol. The van der Waals surface area contributed by atoms with Crippen LogP contribution >= 0.6 is 25.1 Å². The topological polar surface area (TPSA) is 46.4 Å². The first kappa shape index (κ1) is 17.3. The second-order valence-corrected chi connectivity index (χ2v) is 4.91. The molecule has 0 aliphatic heterocycles. The fraction of sp³-hybridized carbons (Fsp3) is 0.200. The molecular weight excluding hydrogens is 308 g/mol. The Morgan fingerprint density at radius 3 is 2.33 bits per heavy atom. The van der Waals surface area contributed by atoms with Gasteiger partial charge in [0.15, 0.2) is 0 Å². The van der Waals surface area contributed by atoms with E-state index in [9.17, 15) is 10.1 Å². The summed E-state index contributed by atoms with van der Waals surface area (Å²) in [6, 6.07) is 12.6. The molecule has 6 heteroatoms. The van der Waals surface area contributed by atoms with Gasteiger partial charge in [0.2, 0.25) is 0 Å². The van der Waals surface area contributed by atoms with Gasteiger partial charge in [0.05, 0.1) is 4.92 Å². The molecule has 2 aromatic carbocycles. The summed E-state index contributed by atoms with van der Waals surface area (Å²) in [6.07, 6.45) is 0. The van der Waals surface area contributed by atoms with Gasteiger partial charge in [-0.1, -0.05) is 29.3 Å². The van der Waals surface area contributed by atoms with Crippen LogP contribution in [0, 0.1) is 17.0 Å². The molecule has 0 spiro atoms. The van der Waals surface area contributed by atoms with Gasteiger partial charge in [0.25, 0.3) is 5.69 Å². The van der Waals surface area contributed by atoms with Gasteiger partial charge < -0.3 is 4.90 Å². The fourth-order valence-electron chi connectivity index (χ4n) is 2.09. The summed E-state index contributed by atoms with van der Waals surface area (Å²) in [4.78, 5) is 12.7. The number of nitro benzene ring substituents is 1. The van der Waals surface area contributed by atoms with Crippen molar-refractivity contribution in [3.8, 4) is 0 Å². The largest absolute Gasteiger partial charge is 0.336 e. The number of nitro groups is 1. The van der Waals surface area contributed by atoms with Gasteiger partial charge in [-0.3, -0.25) is 10.1 Å². The van der Waals surface area contributed by atoms with Crippen molar-refractivity contribution in [3.05, 3.63) is 63.2 Å². The van der Waals surface area contributed by atoms with Gasteiger partial charge in [0.1, 0.15) is 5.69 Å². The van der Waals surface area contributed by atoms with Crippen molar-refractivity contribution in [1.82, 2.24) is 0 Å². The first-order valence-electron chi connectivity index (χ1n) is 6.31. The quantitative estimate of drug-likeness (QED) is 0.598. The Labute approximate surface area is 135 Å². The minimum atomic E-state index is -0.405. The van der Waals surface area contributed by atoms with Gasteiger partial charge in [-0.05, 0) is 38.1 Å². The van der Waals surface area contributed by atoms with Crippen molar-refractivity contribution >= 4 is 42.2 Å². The third-order valence-corrected chi connectivity index (χ3v) is 3.32. The first-order valence-corrected chi connectivity index (χ1v) is 6.69. The lowest BCUT2D eigenvalue weighted by molar-refractivity contribution is -0.384. The summed E-state index contributed by atoms with van der Waals surface area (Å²) < 4.78 is 0. The van der Waals surface area contributed by atoms with Crippen LogP contribution in [0.25, 0.3) is 0 Å². The Kier molecular flexibility index (Phi) is 6.05. The summed E-state index contributed by atoms with van der Waals surface area (Å²) in [5, 5.41) is 11.6. The average Bonchev–Trinajstić information content (AvgIpc) is 2.43. The van der Waals surface area contributed by atoms with Crippen LogP contribution in [0.3, 0.4) is 0 Å². The maximum atomic E-state index is 11.2. The molecule has 0 radical (unpaired) electrons. The molecule has 2 aromatic rings. The maximum Gasteiger partial charge on any atom is 0.294 e. The molecule has 0 atom stereocenters. The molecule has 0 saturated heterocycles. The Morgan fingerprint density at radius 2 is 1.81 bits per heavy atom. The smallest absolute Gasteiger partial charge is 0.294 e. The normalized spacial score (nSPS) is 9.86. The lowest BCUT2D eigenvalue weighted by Crippen LogP contribution is -2.17. The van der Waals surface area contributed by atoms with Crippen molar-refractivity contribution < 1.29 is 4.92 Å². The van der Waals surface area contributed by atoms with Crippen molar-refractivity contribution in [2.24, 2.45) is 0 Å². The van der Waals surface area contributed by atoms with E-state index in [0.29, 0.717) is 17.3 Å². The zero-order valence-corrected chi connectivity index (χ0v) is 13.6. The van der Waals surface area contributed by atoms with Crippen molar-refractivity contribution in [3.63, 3.8) is 0 Å². The highest BCUT2D eigenvalue weighted by Crippen LogP contribution is 2.35. The highest BCUT2D eigenvalue weighted by Gasteiger charge is 2.20. The molecule has 0 unspecified atom stereocenters. The number of hydrogen-bond acceptors (Lipinski definition) is 3. The molecule has 0 heterocycles. The molecule has 0 saturated carbocycles. The Morgan fingerprint density at radius 1 is 1.19 bits per heavy atom. The summed E-state index contributed by atoms with van der Waals surface area (Å²) in [5.74, 6) is 0. The van der Waals surface area contributed by atoms with E-state index in [-0.39, 0.29) is 19.2 Å². The standard InChI is InChI=1S/C15H15ClN2O2.H2S/c1-3-17(13-7-4-11(2)5-8-13)14-9-6-12(16)10-15(14)18(19)20;/h4-10H,3H2,1-2H3;1H2. The zero-order chi connectivity index (χ0) is 14.7. The number of nitrogens with zero attached hydrogens (tertiary/aromatic N) is 2. The van der Waals surface area contributed by atoms with E-state index in [2.05, 4.69) is 0 Å². The third-order valence-electron chi connectivity index (χ3n) is 3.09. The third kappa shape index (κ3) is 3.89. The van der Waals surface area contributed by atoms with Crippen molar-refractivity contribution in [1.29, 1.82) is 0 Å². The molecule has 2 rings (SSSR count). The number of hydrogen-bond donors (Lipinski definition) is 0. The van der Waals surface area contributed by atoms with E-state index >= 15 is 0 Å². The summed E-state index contributed by atoms with van der Waals surface area (Å²) in [7, 11) is 0. The Bertz CT molecular complexity index is 632. The minimum Gasteiger partial charge on any atom is -0.336 e. The molecule has 0 amide bonds. The summed E-state index contributed by atoms with van der Waals surface area (Å²) in [5.41, 5.74) is 2.63. The van der Waals surface area contributed by atoms with Crippen LogP contribution in [0.5, 0.6) is 0 Å². The van der Waals surface area contributed by atoms with E-state index in [1.54, 1.807) is 12.1 Å². The lowest BCUT2D eigenvalue weighted by Gasteiger charge is -2.23. The van der Waals surface area contributed by atoms with E-state index in [1.165, 1.54) is 6.07 Å². The summed E-state index contributed by atoms with van der Waals surface area (Å²) >= 11 is 5.85. The second kappa shape index (κ2) is 7.33. The molecular formula is C15H17ClN2O2S. The van der Waals surface area contributed by atoms with E-state index in [0.717, 1.165) is 11.3 Å². The predicted molar refractivity (Wildman–Crippen MR) is 92.3 cm³/mol. The number of anilines is 2. The molecule has 0 bridgehead atoms. The minimum absolute atomic E-state index is 0. The van der Waals surface area contributed by atoms with Crippen LogP contribution in [-0.2, 0) is 0 Å². The highest BCUT2D eigenvalue weighted by molar-refractivity contribution is 7.59. The second-order valence-electron chi connectivity index (χ2n) is 4.47. The van der Waals surface area contributed by atoms with E-state index < -0.39 is 4.92 Å². The fourth-order valence-corrected chi connectivity index (χ4v) is 2.25. The van der Waals surface area contributed by atoms with Crippen LogP contribution < -0.4 is 4.90 Å². The van der Waals surface area contributed by atoms with Crippen molar-refractivity contribution in [2.45, 2.75) is 13.8 Å². The zero-order valence-electron chi connectivity index (χ0n) is 11.8. The number of benzene rings is 2. The van der Waals surface area contributed by atoms with Gasteiger partial charge in [-0.15, -0.1) is 0 Å². The Balaban J connectivity index is 0.00000220. The van der Waals surface area contributed by atoms with Crippen LogP contribution in [0.2, 0.25) is 5.02 Å². The molecule has 0 aliphatic rings. The number of aryl methyl sites for hydroxylation is 1. The van der Waals surface area contributed by atoms with Gasteiger partial charge in [0, 0.05) is 23.3 Å². The predicted octanol–water partition coefficient (Wildman–Crippen LogP) is 4.83. The summed E-state index contributed by atoms with van der Waals surface area (Å²) in [6.45, 7) is 4.59. The Hall–Kier alpha value is -1.72. The monoisotopic (exact) mass is 324 g/mol. The molecule has 0 aliphatic carbocycles. The molecule has 0 fully saturated rings. The van der Waals surface area contributed by atoms with Crippen LogP contribution in [-0.4, -0.2) is 11.5 Å². The van der Waals surface area contributed by atoms with Crippen LogP contribution in [0.15, 0.2) is 42.5 Å². The first-order chi connectivity index (χ1) is 9.52. The SMILES string of the molecule is CCN(c1ccc(C)cc1)c1ccc(Cl)cc1[N+](=O)[O-].S. The van der Waals surface area contributed by atoms with Crippen LogP contribution in [0.1, 0.15) is 12.5 Å². The lowest BCUT2D eigenvalue weighted by atomic mass is 10.2. The van der Waals surface area contributed by atoms with E-state index in [4.69, 9.17) is 11.6 Å². The van der Waals surface area contributed by atoms with Gasteiger partial charge in [-0.25, -0.2) is 0 Å². The van der Waals surface area contributed by atoms with Gasteiger partial charge >= 0.3 is 0 Å². The van der Waals surface area contributed by atoms with Gasteiger partial charge in [-0.2, -0.15) is 13.5 Å². The molecule has 4 nitrogen and oxygen atoms in total. The van der Waals surface area contributed by atoms with E-state index in [1.807, 2.05) is 43.0 Å². The maximum absolute atomic E-state index is 11.2. The molecule has 21 heavy (non-hydrogen) atoms. The van der Waals surface area contributed by atoms with Crippen LogP contribution in [0.4, 0.5) is 17.1 Å². The number of halogens is 1. The van der Waals surface area contributed by atoms with Crippen molar-refractivity contribution in [2.75, 3.05) is 11.4 Å². The molecule has 0 aromatic heterocycles. The molecule has 112 valence electrons. The number of rotatable bonds is 4. The highest BCUT2D eigenvalue weighted by atomic mass is 35.5.